The van der Waals surface area contributed by atoms with Crippen molar-refractivity contribution in [3.8, 4) is 17.3 Å². The van der Waals surface area contributed by atoms with Gasteiger partial charge in [-0.1, -0.05) is 0 Å². The van der Waals surface area contributed by atoms with Crippen molar-refractivity contribution in [3.05, 3.63) is 47.2 Å². The molecule has 0 unspecified atom stereocenters. The fourth-order valence-electron chi connectivity index (χ4n) is 2.00. The number of pyridine rings is 1. The van der Waals surface area contributed by atoms with E-state index in [0.29, 0.717) is 34.6 Å². The number of aryl methyl sites for hydroxylation is 1. The first-order chi connectivity index (χ1) is 11.2. The van der Waals surface area contributed by atoms with E-state index in [-0.39, 0.29) is 5.91 Å². The molecule has 118 valence electrons. The summed E-state index contributed by atoms with van der Waals surface area (Å²) in [4.78, 5) is 20.8. The molecule has 1 N–H and O–H groups in total. The number of nitrogens with one attached hydrogen (secondary N) is 1. The Bertz CT molecular complexity index is 825. The molecule has 3 aromatic rings. The number of nitrogens with zero attached hydrogens (tertiary/aromatic N) is 2. The first-order valence-electron chi connectivity index (χ1n) is 7.09. The van der Waals surface area contributed by atoms with Gasteiger partial charge >= 0.3 is 0 Å². The molecule has 1 amide bonds. The second kappa shape index (κ2) is 6.62. The molecule has 0 saturated heterocycles. The Hall–Kier alpha value is -2.67. The minimum Gasteiger partial charge on any atom is -0.477 e. The molecule has 0 bridgehead atoms. The molecular formula is C16H15N3O3S. The van der Waals surface area contributed by atoms with E-state index in [9.17, 15) is 4.79 Å². The molecule has 0 saturated carbocycles. The fraction of sp³-hybridized carbons (Fsp3) is 0.188. The Labute approximate surface area is 137 Å². The normalized spacial score (nSPS) is 10.5. The van der Waals surface area contributed by atoms with Crippen molar-refractivity contribution in [2.24, 2.45) is 0 Å². The number of aromatic nitrogens is 2. The van der Waals surface area contributed by atoms with E-state index < -0.39 is 0 Å². The molecule has 0 fully saturated rings. The van der Waals surface area contributed by atoms with Crippen molar-refractivity contribution in [1.82, 2.24) is 9.97 Å². The quantitative estimate of drug-likeness (QED) is 0.771. The van der Waals surface area contributed by atoms with Crippen LogP contribution in [0.2, 0.25) is 0 Å². The zero-order valence-electron chi connectivity index (χ0n) is 12.7. The third-order valence-electron chi connectivity index (χ3n) is 3.01. The maximum atomic E-state index is 12.4. The first-order valence-corrected chi connectivity index (χ1v) is 7.97. The summed E-state index contributed by atoms with van der Waals surface area (Å²) in [6, 6.07) is 7.08. The summed E-state index contributed by atoms with van der Waals surface area (Å²) in [5.74, 6) is 1.50. The summed E-state index contributed by atoms with van der Waals surface area (Å²) in [6.45, 7) is 4.15. The molecular weight excluding hydrogens is 314 g/mol. The number of hydrogen-bond acceptors (Lipinski definition) is 6. The van der Waals surface area contributed by atoms with E-state index in [0.717, 1.165) is 5.76 Å². The van der Waals surface area contributed by atoms with Gasteiger partial charge in [0.15, 0.2) is 10.9 Å². The topological polar surface area (TPSA) is 77.2 Å². The number of carbonyl (C=O) groups excluding carboxylic acids is 1. The highest BCUT2D eigenvalue weighted by molar-refractivity contribution is 7.14. The molecule has 3 rings (SSSR count). The van der Waals surface area contributed by atoms with Crippen LogP contribution in [-0.4, -0.2) is 22.5 Å². The smallest absolute Gasteiger partial charge is 0.262 e. The van der Waals surface area contributed by atoms with Crippen LogP contribution in [0.1, 0.15) is 23.0 Å². The predicted octanol–water partition coefficient (Wildman–Crippen LogP) is 3.76. The summed E-state index contributed by atoms with van der Waals surface area (Å²) in [5.41, 5.74) is 1.06. The average Bonchev–Trinajstić information content (AvgIpc) is 3.17. The maximum absolute atomic E-state index is 12.4. The molecule has 0 aromatic carbocycles. The monoisotopic (exact) mass is 329 g/mol. The SMILES string of the molecule is CCOc1ncccc1C(=O)Nc1nc(-c2ccc(C)o2)cs1. The second-order valence-corrected chi connectivity index (χ2v) is 5.55. The van der Waals surface area contributed by atoms with Gasteiger partial charge in [0.25, 0.3) is 5.91 Å². The number of hydrogen-bond donors (Lipinski definition) is 1. The van der Waals surface area contributed by atoms with Crippen molar-refractivity contribution in [2.45, 2.75) is 13.8 Å². The third-order valence-corrected chi connectivity index (χ3v) is 3.77. The lowest BCUT2D eigenvalue weighted by Crippen LogP contribution is -2.14. The first kappa shape index (κ1) is 15.2. The Balaban J connectivity index is 1.77. The van der Waals surface area contributed by atoms with Gasteiger partial charge in [-0.05, 0) is 38.1 Å². The number of carbonyl (C=O) groups is 1. The van der Waals surface area contributed by atoms with E-state index in [1.807, 2.05) is 31.4 Å². The third kappa shape index (κ3) is 3.40. The highest BCUT2D eigenvalue weighted by atomic mass is 32.1. The van der Waals surface area contributed by atoms with Gasteiger partial charge in [-0.3, -0.25) is 10.1 Å². The van der Waals surface area contributed by atoms with Crippen LogP contribution >= 0.6 is 11.3 Å². The molecule has 23 heavy (non-hydrogen) atoms. The highest BCUT2D eigenvalue weighted by Gasteiger charge is 2.16. The zero-order chi connectivity index (χ0) is 16.2. The van der Waals surface area contributed by atoms with Crippen LogP contribution in [0.15, 0.2) is 40.3 Å². The average molecular weight is 329 g/mol. The lowest BCUT2D eigenvalue weighted by molar-refractivity contribution is 0.102. The second-order valence-electron chi connectivity index (χ2n) is 4.69. The van der Waals surface area contributed by atoms with E-state index in [2.05, 4.69) is 15.3 Å². The van der Waals surface area contributed by atoms with Gasteiger partial charge in [0.2, 0.25) is 5.88 Å². The van der Waals surface area contributed by atoms with Crippen LogP contribution in [0.3, 0.4) is 0 Å². The number of thiazole rings is 1. The van der Waals surface area contributed by atoms with Gasteiger partial charge in [0.1, 0.15) is 17.0 Å². The summed E-state index contributed by atoms with van der Waals surface area (Å²) < 4.78 is 10.9. The number of anilines is 1. The molecule has 0 radical (unpaired) electrons. The summed E-state index contributed by atoms with van der Waals surface area (Å²) in [5, 5.41) is 5.09. The van der Waals surface area contributed by atoms with Crippen LogP contribution in [0.25, 0.3) is 11.5 Å². The van der Waals surface area contributed by atoms with Gasteiger partial charge in [0, 0.05) is 11.6 Å². The van der Waals surface area contributed by atoms with Gasteiger partial charge in [-0.25, -0.2) is 9.97 Å². The molecule has 3 aromatic heterocycles. The molecule has 7 heteroatoms. The molecule has 0 aliphatic carbocycles. The molecule has 6 nitrogen and oxygen atoms in total. The minimum atomic E-state index is -0.307. The lowest BCUT2D eigenvalue weighted by atomic mass is 10.2. The Kier molecular flexibility index (Phi) is 4.38. The van der Waals surface area contributed by atoms with Gasteiger partial charge < -0.3 is 9.15 Å². The largest absolute Gasteiger partial charge is 0.477 e. The Morgan fingerprint density at radius 2 is 2.26 bits per heavy atom. The predicted molar refractivity (Wildman–Crippen MR) is 87.9 cm³/mol. The number of furan rings is 1. The Morgan fingerprint density at radius 3 is 3.00 bits per heavy atom. The van der Waals surface area contributed by atoms with Crippen LogP contribution in [-0.2, 0) is 0 Å². The minimum absolute atomic E-state index is 0.307. The standard InChI is InChI=1S/C16H15N3O3S/c1-3-21-15-11(5-4-8-17-15)14(20)19-16-18-12(9-23-16)13-7-6-10(2)22-13/h4-9H,3H2,1-2H3,(H,18,19,20). The molecule has 0 atom stereocenters. The summed E-state index contributed by atoms with van der Waals surface area (Å²) in [6.07, 6.45) is 1.59. The molecule has 0 spiro atoms. The number of amides is 1. The van der Waals surface area contributed by atoms with Gasteiger partial charge in [-0.2, -0.15) is 0 Å². The van der Waals surface area contributed by atoms with Crippen LogP contribution in [0, 0.1) is 6.92 Å². The van der Waals surface area contributed by atoms with Crippen LogP contribution in [0.4, 0.5) is 5.13 Å². The van der Waals surface area contributed by atoms with E-state index >= 15 is 0 Å². The van der Waals surface area contributed by atoms with Crippen molar-refractivity contribution >= 4 is 22.4 Å². The Morgan fingerprint density at radius 1 is 1.39 bits per heavy atom. The number of ether oxygens (including phenoxy) is 1. The van der Waals surface area contributed by atoms with E-state index in [4.69, 9.17) is 9.15 Å². The van der Waals surface area contributed by atoms with E-state index in [1.165, 1.54) is 11.3 Å². The summed E-state index contributed by atoms with van der Waals surface area (Å²) in [7, 11) is 0. The lowest BCUT2D eigenvalue weighted by Gasteiger charge is -2.07. The molecule has 0 aliphatic heterocycles. The van der Waals surface area contributed by atoms with Gasteiger partial charge in [-0.15, -0.1) is 11.3 Å². The van der Waals surface area contributed by atoms with E-state index in [1.54, 1.807) is 18.3 Å². The van der Waals surface area contributed by atoms with Gasteiger partial charge in [0.05, 0.1) is 6.61 Å². The van der Waals surface area contributed by atoms with Crippen LogP contribution < -0.4 is 10.1 Å². The van der Waals surface area contributed by atoms with Crippen molar-refractivity contribution in [2.75, 3.05) is 11.9 Å². The number of rotatable bonds is 5. The van der Waals surface area contributed by atoms with Crippen molar-refractivity contribution in [1.29, 1.82) is 0 Å². The van der Waals surface area contributed by atoms with Crippen LogP contribution in [0.5, 0.6) is 5.88 Å². The molecule has 3 heterocycles. The zero-order valence-corrected chi connectivity index (χ0v) is 13.5. The highest BCUT2D eigenvalue weighted by Crippen LogP contribution is 2.27. The fourth-order valence-corrected chi connectivity index (χ4v) is 2.69. The van der Waals surface area contributed by atoms with Crippen molar-refractivity contribution < 1.29 is 13.9 Å². The summed E-state index contributed by atoms with van der Waals surface area (Å²) >= 11 is 1.33. The van der Waals surface area contributed by atoms with Crippen molar-refractivity contribution in [3.63, 3.8) is 0 Å². The molecule has 0 aliphatic rings. The maximum Gasteiger partial charge on any atom is 0.262 e.